The molecule has 0 heterocycles. The first-order valence-corrected chi connectivity index (χ1v) is 7.90. The molecule has 4 saturated carbocycles. The molecule has 0 saturated heterocycles. The summed E-state index contributed by atoms with van der Waals surface area (Å²) in [5, 5.41) is 9.81. The number of methoxy groups -OCH3 is 1. The first-order valence-electron chi connectivity index (χ1n) is 7.90. The molecule has 1 N–H and O–H groups in total. The van der Waals surface area contributed by atoms with E-state index in [9.17, 15) is 19.5 Å². The SMILES string of the molecule is C=CC(=O)OCC12CC3CC(C(=O)O)(C1)CC(C(=O)OC)(C3)C2. The normalized spacial score (nSPS) is 40.5. The third kappa shape index (κ3) is 2.35. The van der Waals surface area contributed by atoms with Crippen LogP contribution in [0.15, 0.2) is 12.7 Å². The lowest BCUT2D eigenvalue weighted by atomic mass is 9.39. The van der Waals surface area contributed by atoms with E-state index in [1.165, 1.54) is 7.11 Å². The number of ether oxygens (including phenoxy) is 2. The van der Waals surface area contributed by atoms with E-state index in [1.807, 2.05) is 0 Å². The minimum atomic E-state index is -0.909. The molecule has 0 radical (unpaired) electrons. The minimum absolute atomic E-state index is 0.141. The summed E-state index contributed by atoms with van der Waals surface area (Å²) in [5.41, 5.74) is -2.12. The fraction of sp³-hybridized carbons (Fsp3) is 0.706. The lowest BCUT2D eigenvalue weighted by molar-refractivity contribution is -0.210. The molecular formula is C17H22O6. The average Bonchev–Trinajstić information content (AvgIpc) is 2.50. The summed E-state index contributed by atoms with van der Waals surface area (Å²) < 4.78 is 10.3. The largest absolute Gasteiger partial charge is 0.481 e. The molecule has 4 rings (SSSR count). The van der Waals surface area contributed by atoms with E-state index in [-0.39, 0.29) is 18.5 Å². The van der Waals surface area contributed by atoms with Crippen LogP contribution in [0.5, 0.6) is 0 Å². The van der Waals surface area contributed by atoms with Gasteiger partial charge in [0.1, 0.15) is 0 Å². The molecule has 6 nitrogen and oxygen atoms in total. The highest BCUT2D eigenvalue weighted by molar-refractivity contribution is 5.83. The van der Waals surface area contributed by atoms with Crippen LogP contribution < -0.4 is 0 Å². The summed E-state index contributed by atoms with van der Waals surface area (Å²) in [6, 6.07) is 0. The number of aliphatic carboxylic acids is 1. The van der Waals surface area contributed by atoms with E-state index in [1.54, 1.807) is 0 Å². The van der Waals surface area contributed by atoms with Gasteiger partial charge in [-0.25, -0.2) is 4.79 Å². The molecule has 0 spiro atoms. The van der Waals surface area contributed by atoms with Crippen LogP contribution >= 0.6 is 0 Å². The predicted octanol–water partition coefficient (Wildman–Crippen LogP) is 1.93. The van der Waals surface area contributed by atoms with Gasteiger partial charge in [-0.15, -0.1) is 0 Å². The van der Waals surface area contributed by atoms with E-state index in [4.69, 9.17) is 9.47 Å². The van der Waals surface area contributed by atoms with Gasteiger partial charge in [0.25, 0.3) is 0 Å². The van der Waals surface area contributed by atoms with Crippen molar-refractivity contribution in [2.45, 2.75) is 38.5 Å². The Balaban J connectivity index is 1.96. The smallest absolute Gasteiger partial charge is 0.330 e. The van der Waals surface area contributed by atoms with E-state index in [2.05, 4.69) is 6.58 Å². The monoisotopic (exact) mass is 322 g/mol. The van der Waals surface area contributed by atoms with Gasteiger partial charge in [-0.1, -0.05) is 6.58 Å². The van der Waals surface area contributed by atoms with Crippen LogP contribution in [0.2, 0.25) is 0 Å². The predicted molar refractivity (Wildman–Crippen MR) is 79.3 cm³/mol. The van der Waals surface area contributed by atoms with Crippen molar-refractivity contribution in [2.24, 2.45) is 22.2 Å². The van der Waals surface area contributed by atoms with Gasteiger partial charge in [-0.3, -0.25) is 9.59 Å². The molecule has 0 aromatic rings. The summed E-state index contributed by atoms with van der Waals surface area (Å²) in [4.78, 5) is 35.8. The Kier molecular flexibility index (Phi) is 3.54. The molecule has 0 aromatic carbocycles. The number of esters is 2. The fourth-order valence-corrected chi connectivity index (χ4v) is 5.76. The zero-order chi connectivity index (χ0) is 16.9. The maximum atomic E-state index is 12.4. The van der Waals surface area contributed by atoms with Crippen molar-refractivity contribution in [1.82, 2.24) is 0 Å². The van der Waals surface area contributed by atoms with Crippen LogP contribution in [0.4, 0.5) is 0 Å². The van der Waals surface area contributed by atoms with E-state index in [0.717, 1.165) is 12.5 Å². The second-order valence-electron chi connectivity index (χ2n) is 7.68. The second kappa shape index (κ2) is 5.08. The zero-order valence-electron chi connectivity index (χ0n) is 13.3. The Bertz CT molecular complexity index is 584. The molecule has 0 aromatic heterocycles. The Morgan fingerprint density at radius 2 is 1.83 bits per heavy atom. The standard InChI is InChI=1S/C17H22O6/c1-3-12(18)23-10-15-4-11-5-16(7-15,13(19)20)9-17(6-11,8-15)14(21)22-2/h3,11H,1,4-10H2,2H3,(H,19,20). The molecule has 0 amide bonds. The number of hydrogen-bond acceptors (Lipinski definition) is 5. The molecule has 4 aliphatic rings. The van der Waals surface area contributed by atoms with E-state index < -0.39 is 28.2 Å². The molecule has 4 aliphatic carbocycles. The summed E-state index contributed by atoms with van der Waals surface area (Å²) in [7, 11) is 1.35. The molecule has 4 bridgehead atoms. The summed E-state index contributed by atoms with van der Waals surface area (Å²) in [6.45, 7) is 3.52. The molecule has 6 heteroatoms. The fourth-order valence-electron chi connectivity index (χ4n) is 5.76. The van der Waals surface area contributed by atoms with Crippen LogP contribution in [0.1, 0.15) is 38.5 Å². The van der Waals surface area contributed by atoms with Gasteiger partial charge in [0.05, 0.1) is 24.5 Å². The van der Waals surface area contributed by atoms with Gasteiger partial charge in [0.15, 0.2) is 0 Å². The van der Waals surface area contributed by atoms with E-state index in [0.29, 0.717) is 32.1 Å². The number of hydrogen-bond donors (Lipinski definition) is 1. The zero-order valence-corrected chi connectivity index (χ0v) is 13.3. The summed E-state index contributed by atoms with van der Waals surface area (Å²) in [5.74, 6) is -1.54. The van der Waals surface area contributed by atoms with Gasteiger partial charge in [-0.05, 0) is 44.4 Å². The summed E-state index contributed by atoms with van der Waals surface area (Å²) >= 11 is 0. The molecule has 23 heavy (non-hydrogen) atoms. The van der Waals surface area contributed by atoms with Crippen LogP contribution in [0.3, 0.4) is 0 Å². The third-order valence-electron chi connectivity index (χ3n) is 5.94. The summed E-state index contributed by atoms with van der Waals surface area (Å²) in [6.07, 6.45) is 4.48. The molecule has 126 valence electrons. The van der Waals surface area contributed by atoms with Crippen LogP contribution in [-0.2, 0) is 23.9 Å². The number of carboxylic acids is 1. The quantitative estimate of drug-likeness (QED) is 0.614. The number of carbonyl (C=O) groups excluding carboxylic acids is 2. The Morgan fingerprint density at radius 3 is 2.43 bits per heavy atom. The van der Waals surface area contributed by atoms with Crippen molar-refractivity contribution in [3.05, 3.63) is 12.7 Å². The van der Waals surface area contributed by atoms with Gasteiger partial charge in [0.2, 0.25) is 0 Å². The first-order chi connectivity index (χ1) is 10.8. The van der Waals surface area contributed by atoms with Gasteiger partial charge in [0, 0.05) is 11.5 Å². The number of carbonyl (C=O) groups is 3. The number of rotatable bonds is 5. The first kappa shape index (κ1) is 16.0. The molecule has 4 unspecified atom stereocenters. The number of carboxylic acid groups (broad SMARTS) is 1. The highest BCUT2D eigenvalue weighted by Crippen LogP contribution is 2.70. The van der Waals surface area contributed by atoms with Crippen molar-refractivity contribution in [1.29, 1.82) is 0 Å². The topological polar surface area (TPSA) is 89.9 Å². The van der Waals surface area contributed by atoms with Gasteiger partial charge in [-0.2, -0.15) is 0 Å². The molecule has 4 atom stereocenters. The molecule has 4 fully saturated rings. The van der Waals surface area contributed by atoms with Crippen LogP contribution in [-0.4, -0.2) is 36.7 Å². The molecular weight excluding hydrogens is 300 g/mol. The maximum Gasteiger partial charge on any atom is 0.330 e. The van der Waals surface area contributed by atoms with Crippen molar-refractivity contribution >= 4 is 17.9 Å². The third-order valence-corrected chi connectivity index (χ3v) is 5.94. The van der Waals surface area contributed by atoms with Gasteiger partial charge >= 0.3 is 17.9 Å². The van der Waals surface area contributed by atoms with Crippen LogP contribution in [0, 0.1) is 22.2 Å². The second-order valence-corrected chi connectivity index (χ2v) is 7.68. The average molecular weight is 322 g/mol. The van der Waals surface area contributed by atoms with Crippen molar-refractivity contribution in [3.8, 4) is 0 Å². The van der Waals surface area contributed by atoms with E-state index >= 15 is 0 Å². The lowest BCUT2D eigenvalue weighted by Gasteiger charge is -2.63. The van der Waals surface area contributed by atoms with Gasteiger partial charge < -0.3 is 14.6 Å². The Labute approximate surface area is 134 Å². The molecule has 0 aliphatic heterocycles. The highest BCUT2D eigenvalue weighted by Gasteiger charge is 2.68. The van der Waals surface area contributed by atoms with Crippen LogP contribution in [0.25, 0.3) is 0 Å². The highest BCUT2D eigenvalue weighted by atomic mass is 16.5. The lowest BCUT2D eigenvalue weighted by Crippen LogP contribution is -2.62. The Morgan fingerprint density at radius 1 is 1.17 bits per heavy atom. The van der Waals surface area contributed by atoms with Crippen molar-refractivity contribution < 1.29 is 29.0 Å². The maximum absolute atomic E-state index is 12.4. The van der Waals surface area contributed by atoms with Crippen molar-refractivity contribution in [3.63, 3.8) is 0 Å². The van der Waals surface area contributed by atoms with Crippen molar-refractivity contribution in [2.75, 3.05) is 13.7 Å². The Hall–Kier alpha value is -1.85. The minimum Gasteiger partial charge on any atom is -0.481 e.